The predicted octanol–water partition coefficient (Wildman–Crippen LogP) is 1.84. The Morgan fingerprint density at radius 3 is 2.95 bits per heavy atom. The van der Waals surface area contributed by atoms with E-state index in [1.165, 1.54) is 12.3 Å². The summed E-state index contributed by atoms with van der Waals surface area (Å²) in [5.41, 5.74) is 2.68. The first-order valence-corrected chi connectivity index (χ1v) is 6.21. The largest absolute Gasteiger partial charge is 0.434 e. The van der Waals surface area contributed by atoms with Crippen LogP contribution in [-0.4, -0.2) is 29.7 Å². The maximum atomic E-state index is 12.2. The smallest absolute Gasteiger partial charge is 0.387 e. The highest BCUT2D eigenvalue weighted by molar-refractivity contribution is 8.14. The number of carbonyl (C=O) groups is 1. The van der Waals surface area contributed by atoms with Gasteiger partial charge in [0.25, 0.3) is 5.91 Å². The summed E-state index contributed by atoms with van der Waals surface area (Å²) < 4.78 is 28.8. The van der Waals surface area contributed by atoms with Gasteiger partial charge in [-0.3, -0.25) is 4.79 Å². The van der Waals surface area contributed by atoms with Crippen LogP contribution in [0.1, 0.15) is 5.56 Å². The Hall–Kier alpha value is -1.96. The van der Waals surface area contributed by atoms with Crippen molar-refractivity contribution in [2.75, 3.05) is 5.75 Å². The molecule has 1 aliphatic rings. The molecule has 0 fully saturated rings. The van der Waals surface area contributed by atoms with Crippen LogP contribution >= 0.6 is 11.8 Å². The van der Waals surface area contributed by atoms with Gasteiger partial charge in [-0.1, -0.05) is 23.9 Å². The fourth-order valence-corrected chi connectivity index (χ4v) is 1.85. The number of amidine groups is 1. The Bertz CT molecular complexity index is 534. The van der Waals surface area contributed by atoms with Gasteiger partial charge < -0.3 is 4.74 Å². The molecule has 1 heterocycles. The van der Waals surface area contributed by atoms with Gasteiger partial charge in [0.05, 0.1) is 5.75 Å². The van der Waals surface area contributed by atoms with Gasteiger partial charge in [-0.2, -0.15) is 8.78 Å². The molecule has 5 nitrogen and oxygen atoms in total. The van der Waals surface area contributed by atoms with E-state index in [0.29, 0.717) is 10.7 Å². The number of para-hydroxylation sites is 1. The van der Waals surface area contributed by atoms with Gasteiger partial charge in [-0.05, 0) is 12.1 Å². The fraction of sp³-hybridized carbons (Fsp3) is 0.182. The highest BCUT2D eigenvalue weighted by Gasteiger charge is 2.11. The second-order valence-corrected chi connectivity index (χ2v) is 4.34. The summed E-state index contributed by atoms with van der Waals surface area (Å²) in [6.45, 7) is -2.89. The number of hydrogen-bond acceptors (Lipinski definition) is 5. The lowest BCUT2D eigenvalue weighted by atomic mass is 10.2. The first kappa shape index (κ1) is 13.5. The topological polar surface area (TPSA) is 63.0 Å². The van der Waals surface area contributed by atoms with Crippen molar-refractivity contribution in [1.82, 2.24) is 5.43 Å². The summed E-state index contributed by atoms with van der Waals surface area (Å²) in [5, 5.41) is 4.06. The molecule has 1 aromatic rings. The maximum absolute atomic E-state index is 12.2. The number of amides is 1. The molecule has 0 aromatic heterocycles. The van der Waals surface area contributed by atoms with Crippen molar-refractivity contribution in [1.29, 1.82) is 0 Å². The number of hydrazone groups is 1. The second-order valence-electron chi connectivity index (χ2n) is 3.39. The van der Waals surface area contributed by atoms with Crippen molar-refractivity contribution < 1.29 is 18.3 Å². The zero-order chi connectivity index (χ0) is 13.7. The molecule has 1 N–H and O–H groups in total. The third-order valence-corrected chi connectivity index (χ3v) is 2.92. The van der Waals surface area contributed by atoms with Crippen LogP contribution in [0, 0.1) is 0 Å². The first-order valence-electron chi connectivity index (χ1n) is 5.22. The molecular weight excluding hydrogens is 276 g/mol. The summed E-state index contributed by atoms with van der Waals surface area (Å²) in [4.78, 5) is 14.9. The minimum absolute atomic E-state index is 0.0340. The molecule has 2 rings (SSSR count). The highest BCUT2D eigenvalue weighted by Crippen LogP contribution is 2.19. The quantitative estimate of drug-likeness (QED) is 0.862. The minimum Gasteiger partial charge on any atom is -0.434 e. The second kappa shape index (κ2) is 6.28. The Labute approximate surface area is 111 Å². The lowest BCUT2D eigenvalue weighted by molar-refractivity contribution is -0.118. The van der Waals surface area contributed by atoms with E-state index in [9.17, 15) is 13.6 Å². The normalized spacial score (nSPS) is 15.5. The summed E-state index contributed by atoms with van der Waals surface area (Å²) in [6.07, 6.45) is 1.36. The van der Waals surface area contributed by atoms with Crippen molar-refractivity contribution >= 4 is 29.1 Å². The molecule has 0 bridgehead atoms. The molecule has 8 heteroatoms. The van der Waals surface area contributed by atoms with Crippen LogP contribution in [0.5, 0.6) is 5.75 Å². The molecule has 0 saturated carbocycles. The van der Waals surface area contributed by atoms with Crippen LogP contribution in [0.3, 0.4) is 0 Å². The number of thioether (sulfide) groups is 1. The van der Waals surface area contributed by atoms with E-state index in [4.69, 9.17) is 0 Å². The molecular formula is C11H9F2N3O2S. The van der Waals surface area contributed by atoms with Crippen LogP contribution < -0.4 is 10.2 Å². The van der Waals surface area contributed by atoms with Crippen molar-refractivity contribution in [2.24, 2.45) is 10.1 Å². The Kier molecular flexibility index (Phi) is 4.45. The van der Waals surface area contributed by atoms with Crippen LogP contribution in [0.4, 0.5) is 8.78 Å². The van der Waals surface area contributed by atoms with E-state index >= 15 is 0 Å². The number of halogens is 2. The molecule has 0 atom stereocenters. The number of benzene rings is 1. The van der Waals surface area contributed by atoms with Gasteiger partial charge in [0.15, 0.2) is 0 Å². The molecule has 0 aliphatic carbocycles. The molecule has 1 aromatic carbocycles. The van der Waals surface area contributed by atoms with Crippen molar-refractivity contribution in [3.05, 3.63) is 29.8 Å². The third kappa shape index (κ3) is 4.02. The summed E-state index contributed by atoms with van der Waals surface area (Å²) in [5.74, 6) is 0.0582. The predicted molar refractivity (Wildman–Crippen MR) is 68.7 cm³/mol. The molecule has 1 amide bonds. The fourth-order valence-electron chi connectivity index (χ4n) is 1.29. The van der Waals surface area contributed by atoms with Crippen LogP contribution in [-0.2, 0) is 4.79 Å². The number of nitrogens with one attached hydrogen (secondary N) is 1. The number of hydrogen-bond donors (Lipinski definition) is 1. The van der Waals surface area contributed by atoms with Crippen LogP contribution in [0.25, 0.3) is 0 Å². The standard InChI is InChI=1S/C11H9F2N3O2S/c12-10(13)18-8-4-2-1-3-7(8)5-14-11-16-15-9(17)6-19-11/h1-5,10H,6H2,(H,15,17)/b14-5+. The van der Waals surface area contributed by atoms with E-state index in [0.717, 1.165) is 11.8 Å². The van der Waals surface area contributed by atoms with E-state index in [1.807, 2.05) is 0 Å². The van der Waals surface area contributed by atoms with E-state index in [1.54, 1.807) is 18.2 Å². The molecule has 0 unspecified atom stereocenters. The highest BCUT2D eigenvalue weighted by atomic mass is 32.2. The van der Waals surface area contributed by atoms with E-state index in [-0.39, 0.29) is 17.4 Å². The zero-order valence-electron chi connectivity index (χ0n) is 9.55. The average molecular weight is 285 g/mol. The summed E-state index contributed by atoms with van der Waals surface area (Å²) in [6, 6.07) is 6.28. The molecule has 100 valence electrons. The molecule has 19 heavy (non-hydrogen) atoms. The molecule has 0 saturated heterocycles. The molecule has 0 spiro atoms. The zero-order valence-corrected chi connectivity index (χ0v) is 10.4. The maximum Gasteiger partial charge on any atom is 0.387 e. The third-order valence-electron chi connectivity index (χ3n) is 2.06. The Morgan fingerprint density at radius 1 is 1.47 bits per heavy atom. The van der Waals surface area contributed by atoms with Crippen LogP contribution in [0.2, 0.25) is 0 Å². The van der Waals surface area contributed by atoms with Crippen LogP contribution in [0.15, 0.2) is 34.4 Å². The monoisotopic (exact) mass is 285 g/mol. The lowest BCUT2D eigenvalue weighted by Crippen LogP contribution is -2.25. The van der Waals surface area contributed by atoms with Crippen molar-refractivity contribution in [3.63, 3.8) is 0 Å². The van der Waals surface area contributed by atoms with Crippen molar-refractivity contribution in [3.8, 4) is 5.75 Å². The Morgan fingerprint density at radius 2 is 2.26 bits per heavy atom. The number of ether oxygens (including phenoxy) is 1. The summed E-state index contributed by atoms with van der Waals surface area (Å²) >= 11 is 1.16. The van der Waals surface area contributed by atoms with Gasteiger partial charge in [0, 0.05) is 11.8 Å². The minimum atomic E-state index is -2.89. The number of aliphatic imine (C=N–C) groups is 1. The first-order chi connectivity index (χ1) is 9.15. The van der Waals surface area contributed by atoms with Crippen molar-refractivity contribution in [2.45, 2.75) is 6.61 Å². The number of nitrogens with zero attached hydrogens (tertiary/aromatic N) is 2. The Balaban J connectivity index is 2.12. The van der Waals surface area contributed by atoms with Gasteiger partial charge in [0.2, 0.25) is 5.17 Å². The lowest BCUT2D eigenvalue weighted by Gasteiger charge is -2.08. The van der Waals surface area contributed by atoms with E-state index in [2.05, 4.69) is 20.3 Å². The average Bonchev–Trinajstić information content (AvgIpc) is 2.39. The number of alkyl halides is 2. The SMILES string of the molecule is O=C1CSC(/N=C/c2ccccc2OC(F)F)=NN1. The summed E-state index contributed by atoms with van der Waals surface area (Å²) in [7, 11) is 0. The number of rotatable bonds is 3. The van der Waals surface area contributed by atoms with Gasteiger partial charge in [-0.15, -0.1) is 5.10 Å². The molecule has 0 radical (unpaired) electrons. The van der Waals surface area contributed by atoms with E-state index < -0.39 is 6.61 Å². The van der Waals surface area contributed by atoms with Gasteiger partial charge in [-0.25, -0.2) is 10.4 Å². The van der Waals surface area contributed by atoms with Gasteiger partial charge in [0.1, 0.15) is 5.75 Å². The molecule has 1 aliphatic heterocycles. The van der Waals surface area contributed by atoms with Gasteiger partial charge >= 0.3 is 6.61 Å². The number of carbonyl (C=O) groups excluding carboxylic acids is 1.